The molecule has 1 heterocycles. The molecule has 0 radical (unpaired) electrons. The van der Waals surface area contributed by atoms with Gasteiger partial charge in [0, 0.05) is 17.8 Å². The summed E-state index contributed by atoms with van der Waals surface area (Å²) in [6.07, 6.45) is 3.86. The Morgan fingerprint density at radius 2 is 1.81 bits per heavy atom. The van der Waals surface area contributed by atoms with Gasteiger partial charge in [-0.2, -0.15) is 0 Å². The zero-order valence-corrected chi connectivity index (χ0v) is 12.6. The van der Waals surface area contributed by atoms with E-state index in [1.807, 2.05) is 24.3 Å². The highest BCUT2D eigenvalue weighted by Crippen LogP contribution is 2.33. The molecule has 0 aliphatic rings. The number of nitrogens with zero attached hydrogens (tertiary/aromatic N) is 1. The van der Waals surface area contributed by atoms with Gasteiger partial charge in [-0.25, -0.2) is 4.39 Å². The molecule has 1 nitrogen and oxygen atoms in total. The molecule has 0 amide bonds. The first-order valence-electron chi connectivity index (χ1n) is 6.56. The third-order valence-corrected chi connectivity index (χ3v) is 4.23. The van der Waals surface area contributed by atoms with E-state index >= 15 is 0 Å². The topological polar surface area (TPSA) is 12.9 Å². The second kappa shape index (κ2) is 6.00. The molecule has 3 rings (SSSR count). The lowest BCUT2D eigenvalue weighted by molar-refractivity contribution is 0.639. The van der Waals surface area contributed by atoms with Crippen molar-refractivity contribution in [3.05, 3.63) is 76.8 Å². The maximum atomic E-state index is 13.8. The van der Waals surface area contributed by atoms with E-state index in [0.717, 1.165) is 16.5 Å². The molecule has 0 saturated carbocycles. The van der Waals surface area contributed by atoms with Crippen molar-refractivity contribution in [1.29, 1.82) is 0 Å². The summed E-state index contributed by atoms with van der Waals surface area (Å²) in [5.41, 5.74) is 1.83. The monoisotopic (exact) mass is 319 g/mol. The van der Waals surface area contributed by atoms with Gasteiger partial charge in [-0.3, -0.25) is 4.98 Å². The van der Waals surface area contributed by atoms with Crippen molar-refractivity contribution in [2.45, 2.75) is 11.8 Å². The van der Waals surface area contributed by atoms with Gasteiger partial charge in [0.1, 0.15) is 5.82 Å². The Balaban J connectivity index is 2.01. The molecule has 21 heavy (non-hydrogen) atoms. The van der Waals surface area contributed by atoms with Crippen LogP contribution in [-0.2, 0) is 6.42 Å². The first-order chi connectivity index (χ1) is 10.2. The van der Waals surface area contributed by atoms with Crippen LogP contribution in [0, 0.1) is 5.82 Å². The SMILES string of the molecule is Fc1ccc(C(Cl)Cc2ccncc2Cl)c2ccccc12. The highest BCUT2D eigenvalue weighted by atomic mass is 35.5. The number of benzene rings is 2. The quantitative estimate of drug-likeness (QED) is 0.577. The zero-order chi connectivity index (χ0) is 14.8. The highest BCUT2D eigenvalue weighted by Gasteiger charge is 2.15. The lowest BCUT2D eigenvalue weighted by atomic mass is 9.98. The fourth-order valence-corrected chi connectivity index (χ4v) is 2.98. The first-order valence-corrected chi connectivity index (χ1v) is 7.38. The molecule has 4 heteroatoms. The minimum atomic E-state index is -0.282. The summed E-state index contributed by atoms with van der Waals surface area (Å²) >= 11 is 12.7. The smallest absolute Gasteiger partial charge is 0.131 e. The predicted molar refractivity (Wildman–Crippen MR) is 85.5 cm³/mol. The molecule has 0 N–H and O–H groups in total. The van der Waals surface area contributed by atoms with E-state index in [4.69, 9.17) is 23.2 Å². The standard InChI is InChI=1S/C17H12Cl2FN/c18-15(9-11-7-8-21-10-16(11)19)13-5-6-17(20)14-4-2-1-3-12(13)14/h1-8,10,15H,9H2. The lowest BCUT2D eigenvalue weighted by Gasteiger charge is -2.14. The minimum absolute atomic E-state index is 0.236. The molecule has 1 unspecified atom stereocenters. The Morgan fingerprint density at radius 1 is 1.05 bits per heavy atom. The number of halogens is 3. The van der Waals surface area contributed by atoms with Crippen LogP contribution in [0.15, 0.2) is 54.9 Å². The summed E-state index contributed by atoms with van der Waals surface area (Å²) in [5, 5.41) is 1.73. The molecule has 1 aromatic heterocycles. The van der Waals surface area contributed by atoms with Crippen LogP contribution in [0.1, 0.15) is 16.5 Å². The number of hydrogen-bond donors (Lipinski definition) is 0. The van der Waals surface area contributed by atoms with E-state index in [2.05, 4.69) is 4.98 Å². The number of hydrogen-bond acceptors (Lipinski definition) is 1. The molecule has 1 atom stereocenters. The van der Waals surface area contributed by atoms with Crippen molar-refractivity contribution in [2.75, 3.05) is 0 Å². The summed E-state index contributed by atoms with van der Waals surface area (Å²) in [4.78, 5) is 3.96. The number of fused-ring (bicyclic) bond motifs is 1. The highest BCUT2D eigenvalue weighted by molar-refractivity contribution is 6.31. The molecule has 0 aliphatic heterocycles. The van der Waals surface area contributed by atoms with Crippen LogP contribution in [0.2, 0.25) is 5.02 Å². The van der Waals surface area contributed by atoms with Crippen LogP contribution < -0.4 is 0 Å². The Labute approximate surface area is 132 Å². The van der Waals surface area contributed by atoms with Gasteiger partial charge in [0.15, 0.2) is 0 Å². The van der Waals surface area contributed by atoms with Crippen molar-refractivity contribution in [3.8, 4) is 0 Å². The fourth-order valence-electron chi connectivity index (χ4n) is 2.43. The van der Waals surface area contributed by atoms with Crippen molar-refractivity contribution >= 4 is 34.0 Å². The van der Waals surface area contributed by atoms with E-state index < -0.39 is 0 Å². The van der Waals surface area contributed by atoms with Gasteiger partial charge in [-0.05, 0) is 35.1 Å². The molecule has 106 valence electrons. The summed E-state index contributed by atoms with van der Waals surface area (Å²) < 4.78 is 13.8. The molecule has 0 bridgehead atoms. The second-order valence-corrected chi connectivity index (χ2v) is 5.75. The molecular weight excluding hydrogens is 308 g/mol. The molecular formula is C17H12Cl2FN. The molecule has 0 aliphatic carbocycles. The summed E-state index contributed by atoms with van der Waals surface area (Å²) in [7, 11) is 0. The maximum absolute atomic E-state index is 13.8. The largest absolute Gasteiger partial charge is 0.263 e. The van der Waals surface area contributed by atoms with Gasteiger partial charge < -0.3 is 0 Å². The van der Waals surface area contributed by atoms with Crippen molar-refractivity contribution < 1.29 is 4.39 Å². The van der Waals surface area contributed by atoms with Crippen LogP contribution in [0.4, 0.5) is 4.39 Å². The predicted octanol–water partition coefficient (Wildman–Crippen LogP) is 5.55. The van der Waals surface area contributed by atoms with Crippen molar-refractivity contribution in [3.63, 3.8) is 0 Å². The normalized spacial score (nSPS) is 12.5. The van der Waals surface area contributed by atoms with Crippen LogP contribution in [0.25, 0.3) is 10.8 Å². The van der Waals surface area contributed by atoms with Gasteiger partial charge in [0.2, 0.25) is 0 Å². The Morgan fingerprint density at radius 3 is 2.57 bits per heavy atom. The van der Waals surface area contributed by atoms with Crippen LogP contribution in [-0.4, -0.2) is 4.98 Å². The third kappa shape index (κ3) is 2.87. The number of aromatic nitrogens is 1. The van der Waals surface area contributed by atoms with Gasteiger partial charge in [-0.1, -0.05) is 41.9 Å². The molecule has 0 saturated heterocycles. The van der Waals surface area contributed by atoms with E-state index in [1.54, 1.807) is 24.5 Å². The third-order valence-electron chi connectivity index (χ3n) is 3.50. The maximum Gasteiger partial charge on any atom is 0.131 e. The van der Waals surface area contributed by atoms with E-state index in [-0.39, 0.29) is 11.2 Å². The van der Waals surface area contributed by atoms with Gasteiger partial charge in [-0.15, -0.1) is 11.6 Å². The van der Waals surface area contributed by atoms with Crippen LogP contribution >= 0.6 is 23.2 Å². The van der Waals surface area contributed by atoms with Gasteiger partial charge in [0.05, 0.1) is 10.4 Å². The van der Waals surface area contributed by atoms with Crippen LogP contribution in [0.5, 0.6) is 0 Å². The summed E-state index contributed by atoms with van der Waals surface area (Å²) in [6, 6.07) is 12.4. The second-order valence-electron chi connectivity index (χ2n) is 4.82. The minimum Gasteiger partial charge on any atom is -0.263 e. The van der Waals surface area contributed by atoms with E-state index in [1.165, 1.54) is 6.07 Å². The van der Waals surface area contributed by atoms with E-state index in [0.29, 0.717) is 16.8 Å². The fraction of sp³-hybridized carbons (Fsp3) is 0.118. The van der Waals surface area contributed by atoms with Crippen molar-refractivity contribution in [1.82, 2.24) is 4.98 Å². The molecule has 0 spiro atoms. The summed E-state index contributed by atoms with van der Waals surface area (Å²) in [5.74, 6) is -0.236. The molecule has 3 aromatic rings. The van der Waals surface area contributed by atoms with Crippen molar-refractivity contribution in [2.24, 2.45) is 0 Å². The van der Waals surface area contributed by atoms with Crippen LogP contribution in [0.3, 0.4) is 0 Å². The Kier molecular flexibility index (Phi) is 4.09. The number of alkyl halides is 1. The lowest BCUT2D eigenvalue weighted by Crippen LogP contribution is -1.99. The molecule has 2 aromatic carbocycles. The Hall–Kier alpha value is -1.64. The zero-order valence-electron chi connectivity index (χ0n) is 11.1. The first kappa shape index (κ1) is 14.3. The van der Waals surface area contributed by atoms with Gasteiger partial charge in [0.25, 0.3) is 0 Å². The summed E-state index contributed by atoms with van der Waals surface area (Å²) in [6.45, 7) is 0. The van der Waals surface area contributed by atoms with Gasteiger partial charge >= 0.3 is 0 Å². The Bertz CT molecular complexity index is 789. The average molecular weight is 320 g/mol. The average Bonchev–Trinajstić information content (AvgIpc) is 2.50. The molecule has 0 fully saturated rings. The van der Waals surface area contributed by atoms with E-state index in [9.17, 15) is 4.39 Å². The number of rotatable bonds is 3. The number of pyridine rings is 1.